The van der Waals surface area contributed by atoms with Gasteiger partial charge in [-0.3, -0.25) is 0 Å². The molecule has 0 bridgehead atoms. The van der Waals surface area contributed by atoms with Crippen LogP contribution in [0.3, 0.4) is 0 Å². The van der Waals surface area contributed by atoms with Crippen molar-refractivity contribution in [3.05, 3.63) is 29.8 Å². The highest BCUT2D eigenvalue weighted by atomic mass is 28.3. The minimum absolute atomic E-state index is 0.880. The number of nitrogens with one attached hydrogen (secondary N) is 1. The molecule has 1 N–H and O–H groups in total. The van der Waals surface area contributed by atoms with Crippen LogP contribution >= 0.6 is 0 Å². The van der Waals surface area contributed by atoms with E-state index in [4.69, 9.17) is 9.39 Å². The summed E-state index contributed by atoms with van der Waals surface area (Å²) in [5.74, 6) is 1.88. The van der Waals surface area contributed by atoms with Gasteiger partial charge < -0.3 is 14.4 Å². The molecule has 1 aromatic carbocycles. The second-order valence-electron chi connectivity index (χ2n) is 6.71. The molecular formula is C14H26N2OSi2. The Kier molecular flexibility index (Phi) is 4.98. The van der Waals surface area contributed by atoms with Gasteiger partial charge in [-0.25, -0.2) is 0 Å². The smallest absolute Gasteiger partial charge is 0.175 e. The summed E-state index contributed by atoms with van der Waals surface area (Å²) in [6.45, 7) is 13.6. The molecule has 0 amide bonds. The lowest BCUT2D eigenvalue weighted by Crippen LogP contribution is -2.47. The zero-order valence-corrected chi connectivity index (χ0v) is 15.2. The van der Waals surface area contributed by atoms with Crippen molar-refractivity contribution in [2.75, 3.05) is 7.11 Å². The molecule has 0 unspecified atom stereocenters. The first kappa shape index (κ1) is 16.0. The highest BCUT2D eigenvalue weighted by Gasteiger charge is 2.21. The largest absolute Gasteiger partial charge is 0.496 e. The van der Waals surface area contributed by atoms with E-state index in [-0.39, 0.29) is 0 Å². The van der Waals surface area contributed by atoms with Gasteiger partial charge in [0, 0.05) is 0 Å². The number of amidine groups is 1. The normalized spacial score (nSPS) is 13.3. The standard InChI is InChI=1S/C14H26N2OSi2/c1-17-13-11-9-8-10-12(13)14(15-18(2,3)4)16-19(5,6)7/h8-11H,1-7H3,(H,15,16). The Bertz CT molecular complexity index is 459. The molecule has 0 aliphatic rings. The van der Waals surface area contributed by atoms with E-state index < -0.39 is 16.5 Å². The molecule has 0 aliphatic heterocycles. The Balaban J connectivity index is 3.28. The molecule has 0 fully saturated rings. The number of hydrogen-bond donors (Lipinski definition) is 1. The van der Waals surface area contributed by atoms with Crippen LogP contribution in [0.2, 0.25) is 39.3 Å². The first-order valence-corrected chi connectivity index (χ1v) is 13.6. The van der Waals surface area contributed by atoms with Crippen LogP contribution in [-0.2, 0) is 0 Å². The SMILES string of the molecule is COc1ccccc1/C(=N\[Si](C)(C)C)N[Si](C)(C)C. The molecule has 1 aromatic rings. The summed E-state index contributed by atoms with van der Waals surface area (Å²) in [7, 11) is -1.29. The Morgan fingerprint density at radius 1 is 1.05 bits per heavy atom. The highest BCUT2D eigenvalue weighted by Crippen LogP contribution is 2.19. The molecule has 0 aromatic heterocycles. The average Bonchev–Trinajstić information content (AvgIpc) is 2.24. The fourth-order valence-electron chi connectivity index (χ4n) is 1.69. The van der Waals surface area contributed by atoms with Crippen LogP contribution in [0.5, 0.6) is 5.75 Å². The number of benzene rings is 1. The Hall–Kier alpha value is -1.08. The van der Waals surface area contributed by atoms with Crippen molar-refractivity contribution >= 4 is 22.3 Å². The molecule has 0 saturated heterocycles. The molecule has 106 valence electrons. The number of ether oxygens (including phenoxy) is 1. The zero-order valence-electron chi connectivity index (χ0n) is 13.2. The summed E-state index contributed by atoms with van der Waals surface area (Å²) in [6.07, 6.45) is 0. The van der Waals surface area contributed by atoms with Crippen LogP contribution in [0.4, 0.5) is 0 Å². The van der Waals surface area contributed by atoms with Gasteiger partial charge in [0.15, 0.2) is 8.24 Å². The molecule has 0 atom stereocenters. The van der Waals surface area contributed by atoms with Crippen LogP contribution < -0.4 is 9.72 Å². The van der Waals surface area contributed by atoms with E-state index in [1.54, 1.807) is 7.11 Å². The van der Waals surface area contributed by atoms with Crippen molar-refractivity contribution < 1.29 is 4.74 Å². The van der Waals surface area contributed by atoms with Crippen LogP contribution in [-0.4, -0.2) is 29.4 Å². The summed E-state index contributed by atoms with van der Waals surface area (Å²) in [5.41, 5.74) is 1.06. The van der Waals surface area contributed by atoms with E-state index in [0.717, 1.165) is 17.1 Å². The maximum Gasteiger partial charge on any atom is 0.175 e. The number of para-hydroxylation sites is 1. The first-order chi connectivity index (χ1) is 8.62. The predicted molar refractivity (Wildman–Crippen MR) is 89.4 cm³/mol. The third kappa shape index (κ3) is 5.61. The molecule has 5 heteroatoms. The van der Waals surface area contributed by atoms with Gasteiger partial charge in [0.25, 0.3) is 0 Å². The van der Waals surface area contributed by atoms with E-state index >= 15 is 0 Å². The Morgan fingerprint density at radius 2 is 1.63 bits per heavy atom. The van der Waals surface area contributed by atoms with E-state index in [9.17, 15) is 0 Å². The van der Waals surface area contributed by atoms with E-state index in [1.165, 1.54) is 0 Å². The number of methoxy groups -OCH3 is 1. The molecule has 0 radical (unpaired) electrons. The van der Waals surface area contributed by atoms with E-state index in [2.05, 4.69) is 50.3 Å². The monoisotopic (exact) mass is 294 g/mol. The molecular weight excluding hydrogens is 268 g/mol. The Morgan fingerprint density at radius 3 is 2.11 bits per heavy atom. The zero-order chi connectivity index (χ0) is 14.7. The maximum atomic E-state index is 5.47. The van der Waals surface area contributed by atoms with Gasteiger partial charge in [0.05, 0.1) is 12.7 Å². The van der Waals surface area contributed by atoms with Crippen molar-refractivity contribution in [1.29, 1.82) is 0 Å². The third-order valence-electron chi connectivity index (χ3n) is 2.30. The lowest BCUT2D eigenvalue weighted by molar-refractivity contribution is 0.414. The van der Waals surface area contributed by atoms with Gasteiger partial charge in [-0.15, -0.1) is 0 Å². The van der Waals surface area contributed by atoms with Crippen molar-refractivity contribution in [2.45, 2.75) is 39.3 Å². The van der Waals surface area contributed by atoms with Crippen molar-refractivity contribution in [3.63, 3.8) is 0 Å². The average molecular weight is 295 g/mol. The summed E-state index contributed by atoms with van der Waals surface area (Å²) < 4.78 is 10.4. The second-order valence-corrected chi connectivity index (χ2v) is 16.0. The van der Waals surface area contributed by atoms with Crippen molar-refractivity contribution in [2.24, 2.45) is 4.66 Å². The molecule has 0 saturated carbocycles. The van der Waals surface area contributed by atoms with Crippen LogP contribution in [0.1, 0.15) is 5.56 Å². The third-order valence-corrected chi connectivity index (χ3v) is 4.18. The lowest BCUT2D eigenvalue weighted by atomic mass is 10.2. The molecule has 19 heavy (non-hydrogen) atoms. The minimum Gasteiger partial charge on any atom is -0.496 e. The fraction of sp³-hybridized carbons (Fsp3) is 0.500. The van der Waals surface area contributed by atoms with Crippen LogP contribution in [0.15, 0.2) is 28.9 Å². The molecule has 3 nitrogen and oxygen atoms in total. The molecule has 0 spiro atoms. The van der Waals surface area contributed by atoms with Gasteiger partial charge in [-0.1, -0.05) is 31.8 Å². The van der Waals surface area contributed by atoms with Gasteiger partial charge in [-0.2, -0.15) is 0 Å². The van der Waals surface area contributed by atoms with E-state index in [1.807, 2.05) is 18.2 Å². The molecule has 0 aliphatic carbocycles. The highest BCUT2D eigenvalue weighted by molar-refractivity contribution is 6.78. The van der Waals surface area contributed by atoms with Crippen molar-refractivity contribution in [3.8, 4) is 5.75 Å². The number of nitrogens with zero attached hydrogens (tertiary/aromatic N) is 1. The number of hydrogen-bond acceptors (Lipinski definition) is 2. The Labute approximate surface area is 119 Å². The quantitative estimate of drug-likeness (QED) is 0.522. The summed E-state index contributed by atoms with van der Waals surface area (Å²) >= 11 is 0. The van der Waals surface area contributed by atoms with Gasteiger partial charge in [0.1, 0.15) is 19.8 Å². The van der Waals surface area contributed by atoms with Crippen LogP contribution in [0, 0.1) is 0 Å². The second kappa shape index (κ2) is 5.92. The fourth-order valence-corrected chi connectivity index (χ4v) is 3.55. The summed E-state index contributed by atoms with van der Waals surface area (Å²) in [4.78, 5) is 3.65. The van der Waals surface area contributed by atoms with Crippen molar-refractivity contribution in [1.82, 2.24) is 4.98 Å². The van der Waals surface area contributed by atoms with Gasteiger partial charge in [-0.05, 0) is 31.8 Å². The topological polar surface area (TPSA) is 33.6 Å². The molecule has 1 rings (SSSR count). The molecule has 0 heterocycles. The van der Waals surface area contributed by atoms with Crippen LogP contribution in [0.25, 0.3) is 0 Å². The van der Waals surface area contributed by atoms with E-state index in [0.29, 0.717) is 0 Å². The number of rotatable bonds is 4. The minimum atomic E-state index is -1.55. The summed E-state index contributed by atoms with van der Waals surface area (Å²) in [5, 5.41) is 0. The maximum absolute atomic E-state index is 5.47. The first-order valence-electron chi connectivity index (χ1n) is 6.64. The summed E-state index contributed by atoms with van der Waals surface area (Å²) in [6, 6.07) is 8.08. The predicted octanol–water partition coefficient (Wildman–Crippen LogP) is 3.70. The van der Waals surface area contributed by atoms with Gasteiger partial charge >= 0.3 is 0 Å². The lowest BCUT2D eigenvalue weighted by Gasteiger charge is -2.25. The van der Waals surface area contributed by atoms with Gasteiger partial charge in [0.2, 0.25) is 0 Å².